The van der Waals surface area contributed by atoms with Gasteiger partial charge in [-0.3, -0.25) is 4.79 Å². The molecule has 0 saturated heterocycles. The van der Waals surface area contributed by atoms with Crippen molar-refractivity contribution in [1.82, 2.24) is 0 Å². The summed E-state index contributed by atoms with van der Waals surface area (Å²) in [6.07, 6.45) is 0.349. The third-order valence-corrected chi connectivity index (χ3v) is 2.71. The maximum absolute atomic E-state index is 11.2. The lowest BCUT2D eigenvalue weighted by Crippen LogP contribution is -1.99. The predicted molar refractivity (Wildman–Crippen MR) is 63.8 cm³/mol. The molecule has 0 radical (unpaired) electrons. The van der Waals surface area contributed by atoms with E-state index in [1.807, 2.05) is 44.2 Å². The van der Waals surface area contributed by atoms with Crippen molar-refractivity contribution in [2.24, 2.45) is 5.92 Å². The van der Waals surface area contributed by atoms with E-state index in [4.69, 9.17) is 9.47 Å². The number of ether oxygens (including phenoxy) is 2. The van der Waals surface area contributed by atoms with Gasteiger partial charge >= 0.3 is 5.97 Å². The molecule has 0 N–H and O–H groups in total. The molecule has 0 spiro atoms. The summed E-state index contributed by atoms with van der Waals surface area (Å²) in [7, 11) is 0. The fourth-order valence-corrected chi connectivity index (χ4v) is 1.72. The summed E-state index contributed by atoms with van der Waals surface area (Å²) in [6.45, 7) is 4.49. The van der Waals surface area contributed by atoms with Gasteiger partial charge in [0.2, 0.25) is 0 Å². The Morgan fingerprint density at radius 3 is 2.65 bits per heavy atom. The summed E-state index contributed by atoms with van der Waals surface area (Å²) in [5.74, 6) is 0.442. The monoisotopic (exact) mass is 232 g/mol. The minimum Gasteiger partial charge on any atom is -0.460 e. The molecular formula is C14H16O3. The number of carbonyl (C=O) groups is 1. The smallest absolute Gasteiger partial charge is 0.317 e. The van der Waals surface area contributed by atoms with E-state index in [9.17, 15) is 4.79 Å². The van der Waals surface area contributed by atoms with Gasteiger partial charge in [0.1, 0.15) is 6.61 Å². The van der Waals surface area contributed by atoms with Crippen LogP contribution in [0.1, 0.15) is 25.8 Å². The van der Waals surface area contributed by atoms with Crippen LogP contribution >= 0.6 is 0 Å². The van der Waals surface area contributed by atoms with E-state index in [0.29, 0.717) is 19.0 Å². The topological polar surface area (TPSA) is 35.5 Å². The second kappa shape index (κ2) is 5.04. The molecule has 0 fully saturated rings. The Balaban J connectivity index is 2.03. The zero-order valence-electron chi connectivity index (χ0n) is 10.1. The Morgan fingerprint density at radius 1 is 1.29 bits per heavy atom. The lowest BCUT2D eigenvalue weighted by molar-refractivity contribution is -0.141. The second-order valence-corrected chi connectivity index (χ2v) is 4.39. The van der Waals surface area contributed by atoms with Crippen molar-refractivity contribution in [2.45, 2.75) is 26.9 Å². The van der Waals surface area contributed by atoms with Gasteiger partial charge in [-0.25, -0.2) is 0 Å². The Bertz CT molecular complexity index is 432. The third kappa shape index (κ3) is 2.87. The second-order valence-electron chi connectivity index (χ2n) is 4.39. The van der Waals surface area contributed by atoms with E-state index in [-0.39, 0.29) is 11.9 Å². The van der Waals surface area contributed by atoms with E-state index in [2.05, 4.69) is 0 Å². The molecule has 3 nitrogen and oxygen atoms in total. The maximum Gasteiger partial charge on any atom is 0.317 e. The molecule has 0 atom stereocenters. The summed E-state index contributed by atoms with van der Waals surface area (Å²) in [5.41, 5.74) is 2.01. The average Bonchev–Trinajstić information content (AvgIpc) is 2.69. The molecular weight excluding hydrogens is 216 g/mol. The summed E-state index contributed by atoms with van der Waals surface area (Å²) in [6, 6.07) is 9.82. The highest BCUT2D eigenvalue weighted by Gasteiger charge is 2.27. The highest BCUT2D eigenvalue weighted by Crippen LogP contribution is 2.28. The van der Waals surface area contributed by atoms with Gasteiger partial charge < -0.3 is 9.47 Å². The van der Waals surface area contributed by atoms with Gasteiger partial charge in [-0.2, -0.15) is 0 Å². The Morgan fingerprint density at radius 2 is 2.00 bits per heavy atom. The molecule has 0 amide bonds. The number of rotatable bonds is 4. The minimum atomic E-state index is -0.225. The fourth-order valence-electron chi connectivity index (χ4n) is 1.72. The van der Waals surface area contributed by atoms with Gasteiger partial charge in [0.15, 0.2) is 0 Å². The van der Waals surface area contributed by atoms with E-state index in [0.717, 1.165) is 11.1 Å². The number of cyclic esters (lactones) is 1. The Hall–Kier alpha value is -1.77. The molecule has 0 saturated carbocycles. The summed E-state index contributed by atoms with van der Waals surface area (Å²) in [5, 5.41) is 0. The molecule has 17 heavy (non-hydrogen) atoms. The van der Waals surface area contributed by atoms with Crippen LogP contribution in [0.15, 0.2) is 41.9 Å². The van der Waals surface area contributed by atoms with E-state index in [1.54, 1.807) is 0 Å². The first-order valence-corrected chi connectivity index (χ1v) is 5.77. The van der Waals surface area contributed by atoms with Gasteiger partial charge in [0.05, 0.1) is 6.42 Å². The van der Waals surface area contributed by atoms with Gasteiger partial charge in [-0.05, 0) is 11.5 Å². The van der Waals surface area contributed by atoms with Crippen LogP contribution in [0.5, 0.6) is 0 Å². The Labute approximate surface area is 101 Å². The van der Waals surface area contributed by atoms with Crippen LogP contribution in [-0.4, -0.2) is 5.97 Å². The van der Waals surface area contributed by atoms with Gasteiger partial charge in [0, 0.05) is 5.57 Å². The molecule has 2 rings (SSSR count). The molecule has 1 aromatic rings. The molecule has 1 heterocycles. The molecule has 0 unspecified atom stereocenters. The highest BCUT2D eigenvalue weighted by molar-refractivity contribution is 5.76. The van der Waals surface area contributed by atoms with E-state index < -0.39 is 0 Å². The van der Waals surface area contributed by atoms with Crippen LogP contribution in [-0.2, 0) is 20.9 Å². The van der Waals surface area contributed by atoms with Gasteiger partial charge in [-0.15, -0.1) is 0 Å². The first-order chi connectivity index (χ1) is 8.16. The lowest BCUT2D eigenvalue weighted by atomic mass is 10.0. The van der Waals surface area contributed by atoms with Crippen LogP contribution in [0.25, 0.3) is 0 Å². The van der Waals surface area contributed by atoms with Crippen LogP contribution in [0, 0.1) is 5.92 Å². The van der Waals surface area contributed by atoms with Gasteiger partial charge in [0.25, 0.3) is 5.95 Å². The molecule has 1 aliphatic heterocycles. The largest absolute Gasteiger partial charge is 0.460 e. The van der Waals surface area contributed by atoms with E-state index >= 15 is 0 Å². The van der Waals surface area contributed by atoms with Crippen molar-refractivity contribution in [2.75, 3.05) is 0 Å². The molecule has 1 aromatic carbocycles. The highest BCUT2D eigenvalue weighted by atomic mass is 16.7. The van der Waals surface area contributed by atoms with Crippen molar-refractivity contribution < 1.29 is 14.3 Å². The number of esters is 1. The molecule has 90 valence electrons. The standard InChI is InChI=1S/C14H16O3/c1-10(2)12-8-13(15)17-14(12)16-9-11-6-4-3-5-7-11/h3-7,10H,8-9H2,1-2H3. The first kappa shape index (κ1) is 11.7. The molecule has 3 heteroatoms. The molecule has 0 bridgehead atoms. The van der Waals surface area contributed by atoms with E-state index in [1.165, 1.54) is 0 Å². The summed E-state index contributed by atoms with van der Waals surface area (Å²) < 4.78 is 10.6. The van der Waals surface area contributed by atoms with Crippen molar-refractivity contribution >= 4 is 5.97 Å². The lowest BCUT2D eigenvalue weighted by Gasteiger charge is -2.09. The normalized spacial score (nSPS) is 15.4. The van der Waals surface area contributed by atoms with Crippen molar-refractivity contribution in [3.05, 3.63) is 47.4 Å². The Kier molecular flexibility index (Phi) is 3.47. The number of carbonyl (C=O) groups excluding carboxylic acids is 1. The number of benzene rings is 1. The zero-order chi connectivity index (χ0) is 12.3. The number of hydrogen-bond acceptors (Lipinski definition) is 3. The number of hydrogen-bond donors (Lipinski definition) is 0. The van der Waals surface area contributed by atoms with Crippen LogP contribution in [0.3, 0.4) is 0 Å². The van der Waals surface area contributed by atoms with Gasteiger partial charge in [-0.1, -0.05) is 44.2 Å². The summed E-state index contributed by atoms with van der Waals surface area (Å²) >= 11 is 0. The third-order valence-electron chi connectivity index (χ3n) is 2.71. The van der Waals surface area contributed by atoms with Crippen LogP contribution in [0.4, 0.5) is 0 Å². The summed E-state index contributed by atoms with van der Waals surface area (Å²) in [4.78, 5) is 11.2. The molecule has 1 aliphatic rings. The maximum atomic E-state index is 11.2. The quantitative estimate of drug-likeness (QED) is 0.748. The van der Waals surface area contributed by atoms with Crippen LogP contribution < -0.4 is 0 Å². The van der Waals surface area contributed by atoms with Crippen molar-refractivity contribution in [3.63, 3.8) is 0 Å². The zero-order valence-corrected chi connectivity index (χ0v) is 10.1. The minimum absolute atomic E-state index is 0.225. The molecule has 0 aromatic heterocycles. The molecule has 0 aliphatic carbocycles. The van der Waals surface area contributed by atoms with Crippen molar-refractivity contribution in [3.8, 4) is 0 Å². The van der Waals surface area contributed by atoms with Crippen LogP contribution in [0.2, 0.25) is 0 Å². The van der Waals surface area contributed by atoms with Crippen molar-refractivity contribution in [1.29, 1.82) is 0 Å². The SMILES string of the molecule is CC(C)C1=C(OCc2ccccc2)OC(=O)C1. The first-order valence-electron chi connectivity index (χ1n) is 5.77. The average molecular weight is 232 g/mol. The fraction of sp³-hybridized carbons (Fsp3) is 0.357. The predicted octanol–water partition coefficient (Wildman–Crippen LogP) is 3.02.